The van der Waals surface area contributed by atoms with Crippen LogP contribution < -0.4 is 10.1 Å². The van der Waals surface area contributed by atoms with E-state index in [0.29, 0.717) is 44.0 Å². The molecule has 1 aromatic rings. The number of benzene rings is 1. The van der Waals surface area contributed by atoms with E-state index in [-0.39, 0.29) is 30.2 Å². The van der Waals surface area contributed by atoms with Gasteiger partial charge in [-0.25, -0.2) is 0 Å². The van der Waals surface area contributed by atoms with Gasteiger partial charge < -0.3 is 15.0 Å². The van der Waals surface area contributed by atoms with Gasteiger partial charge in [0, 0.05) is 37.8 Å². The quantitative estimate of drug-likeness (QED) is 0.731. The molecule has 1 N–H and O–H groups in total. The van der Waals surface area contributed by atoms with Crippen LogP contribution in [0.1, 0.15) is 31.1 Å². The van der Waals surface area contributed by atoms with Crippen molar-refractivity contribution in [2.75, 3.05) is 39.3 Å². The Balaban J connectivity index is 1.75. The Kier molecular flexibility index (Phi) is 7.15. The van der Waals surface area contributed by atoms with Crippen molar-refractivity contribution < 1.29 is 19.1 Å². The molecule has 0 aromatic heterocycles. The molecule has 2 rings (SSSR count). The van der Waals surface area contributed by atoms with Crippen LogP contribution in [0.3, 0.4) is 0 Å². The van der Waals surface area contributed by atoms with Crippen molar-refractivity contribution in [3.63, 3.8) is 0 Å². The Hall–Kier alpha value is -2.41. The fraction of sp³-hybridized carbons (Fsp3) is 0.526. The molecule has 2 amide bonds. The van der Waals surface area contributed by atoms with Gasteiger partial charge in [-0.05, 0) is 32.9 Å². The summed E-state index contributed by atoms with van der Waals surface area (Å²) in [4.78, 5) is 39.3. The van der Waals surface area contributed by atoms with Gasteiger partial charge in [-0.2, -0.15) is 0 Å². The molecule has 0 unspecified atom stereocenters. The molecule has 1 fully saturated rings. The van der Waals surface area contributed by atoms with Crippen molar-refractivity contribution in [2.24, 2.45) is 0 Å². The minimum atomic E-state index is -0.0930. The van der Waals surface area contributed by atoms with Crippen LogP contribution in [0.2, 0.25) is 0 Å². The standard InChI is InChI=1S/C19H27N3O4/c1-14(2)20-18(24)12-21-7-9-22(10-8-21)19(25)13-26-17-6-4-5-16(11-17)15(3)23/h4-6,11,14H,7-10,12-13H2,1-3H3,(H,20,24). The van der Waals surface area contributed by atoms with Crippen LogP contribution in [0.4, 0.5) is 0 Å². The van der Waals surface area contributed by atoms with Crippen LogP contribution in [0.5, 0.6) is 5.75 Å². The van der Waals surface area contributed by atoms with Crippen molar-refractivity contribution in [3.05, 3.63) is 29.8 Å². The van der Waals surface area contributed by atoms with Crippen LogP contribution >= 0.6 is 0 Å². The lowest BCUT2D eigenvalue weighted by atomic mass is 10.1. The number of carbonyl (C=O) groups excluding carboxylic acids is 3. The SMILES string of the molecule is CC(=O)c1cccc(OCC(=O)N2CCN(CC(=O)NC(C)C)CC2)c1. The summed E-state index contributed by atoms with van der Waals surface area (Å²) in [6.07, 6.45) is 0. The minimum absolute atomic E-state index is 0.00784. The Labute approximate surface area is 154 Å². The van der Waals surface area contributed by atoms with Crippen molar-refractivity contribution in [2.45, 2.75) is 26.8 Å². The zero-order chi connectivity index (χ0) is 19.1. The molecule has 0 spiro atoms. The number of nitrogens with one attached hydrogen (secondary N) is 1. The van der Waals surface area contributed by atoms with Crippen LogP contribution in [0, 0.1) is 0 Å². The first-order valence-corrected chi connectivity index (χ1v) is 8.88. The van der Waals surface area contributed by atoms with E-state index in [4.69, 9.17) is 4.74 Å². The highest BCUT2D eigenvalue weighted by atomic mass is 16.5. The third kappa shape index (κ3) is 6.15. The molecular formula is C19H27N3O4. The first kappa shape index (κ1) is 19.9. The van der Waals surface area contributed by atoms with E-state index in [2.05, 4.69) is 5.32 Å². The van der Waals surface area contributed by atoms with Crippen molar-refractivity contribution in [1.82, 2.24) is 15.1 Å². The lowest BCUT2D eigenvalue weighted by molar-refractivity contribution is -0.135. The van der Waals surface area contributed by atoms with Crippen molar-refractivity contribution in [3.8, 4) is 5.75 Å². The number of ketones is 1. The number of piperazine rings is 1. The molecule has 7 nitrogen and oxygen atoms in total. The monoisotopic (exact) mass is 361 g/mol. The summed E-state index contributed by atoms with van der Waals surface area (Å²) in [6, 6.07) is 6.94. The average molecular weight is 361 g/mol. The Morgan fingerprint density at radius 3 is 2.46 bits per heavy atom. The van der Waals surface area contributed by atoms with Gasteiger partial charge in [0.1, 0.15) is 5.75 Å². The Morgan fingerprint density at radius 2 is 1.85 bits per heavy atom. The molecule has 1 aliphatic heterocycles. The van der Waals surface area contributed by atoms with Crippen LogP contribution in [0.15, 0.2) is 24.3 Å². The minimum Gasteiger partial charge on any atom is -0.484 e. The number of nitrogens with zero attached hydrogens (tertiary/aromatic N) is 2. The summed E-state index contributed by atoms with van der Waals surface area (Å²) in [5.41, 5.74) is 0.559. The molecule has 0 radical (unpaired) electrons. The maximum atomic E-state index is 12.3. The molecule has 1 aliphatic rings. The molecule has 1 heterocycles. The van der Waals surface area contributed by atoms with Crippen molar-refractivity contribution >= 4 is 17.6 Å². The maximum absolute atomic E-state index is 12.3. The average Bonchev–Trinajstić information content (AvgIpc) is 2.59. The summed E-state index contributed by atoms with van der Waals surface area (Å²) >= 11 is 0. The summed E-state index contributed by atoms with van der Waals surface area (Å²) in [7, 11) is 0. The number of ether oxygens (including phenoxy) is 1. The summed E-state index contributed by atoms with van der Waals surface area (Å²) < 4.78 is 5.53. The molecule has 0 saturated carbocycles. The van der Waals surface area contributed by atoms with Gasteiger partial charge in [0.25, 0.3) is 5.91 Å². The van der Waals surface area contributed by atoms with Gasteiger partial charge in [0.15, 0.2) is 12.4 Å². The number of amides is 2. The summed E-state index contributed by atoms with van der Waals surface area (Å²) in [5, 5.41) is 2.87. The van der Waals surface area contributed by atoms with E-state index in [0.717, 1.165) is 0 Å². The smallest absolute Gasteiger partial charge is 0.260 e. The van der Waals surface area contributed by atoms with Crippen molar-refractivity contribution in [1.29, 1.82) is 0 Å². The molecule has 142 valence electrons. The van der Waals surface area contributed by atoms with Crippen LogP contribution in [-0.2, 0) is 9.59 Å². The van der Waals surface area contributed by atoms with Gasteiger partial charge >= 0.3 is 0 Å². The van der Waals surface area contributed by atoms with Gasteiger partial charge in [-0.1, -0.05) is 12.1 Å². The Bertz CT molecular complexity index is 652. The fourth-order valence-electron chi connectivity index (χ4n) is 2.77. The van der Waals surface area contributed by atoms with Gasteiger partial charge in [-0.3, -0.25) is 19.3 Å². The molecule has 26 heavy (non-hydrogen) atoms. The summed E-state index contributed by atoms with van der Waals surface area (Å²) in [5.74, 6) is 0.382. The predicted molar refractivity (Wildman–Crippen MR) is 98.2 cm³/mol. The predicted octanol–water partition coefficient (Wildman–Crippen LogP) is 0.937. The highest BCUT2D eigenvalue weighted by Gasteiger charge is 2.22. The number of hydrogen-bond donors (Lipinski definition) is 1. The third-order valence-electron chi connectivity index (χ3n) is 4.14. The first-order valence-electron chi connectivity index (χ1n) is 8.88. The molecule has 0 bridgehead atoms. The third-order valence-corrected chi connectivity index (χ3v) is 4.14. The fourth-order valence-corrected chi connectivity index (χ4v) is 2.77. The highest BCUT2D eigenvalue weighted by molar-refractivity contribution is 5.94. The van der Waals surface area contributed by atoms with E-state index in [9.17, 15) is 14.4 Å². The second-order valence-corrected chi connectivity index (χ2v) is 6.75. The van der Waals surface area contributed by atoms with E-state index >= 15 is 0 Å². The van der Waals surface area contributed by atoms with Crippen LogP contribution in [0.25, 0.3) is 0 Å². The largest absolute Gasteiger partial charge is 0.484 e. The molecule has 7 heteroatoms. The highest BCUT2D eigenvalue weighted by Crippen LogP contribution is 2.14. The summed E-state index contributed by atoms with van der Waals surface area (Å²) in [6.45, 7) is 8.12. The number of rotatable bonds is 7. The number of hydrogen-bond acceptors (Lipinski definition) is 5. The zero-order valence-corrected chi connectivity index (χ0v) is 15.7. The van der Waals surface area contributed by atoms with Crippen LogP contribution in [-0.4, -0.2) is 72.8 Å². The Morgan fingerprint density at radius 1 is 1.15 bits per heavy atom. The molecule has 1 saturated heterocycles. The van der Waals surface area contributed by atoms with E-state index in [1.807, 2.05) is 18.7 Å². The lowest BCUT2D eigenvalue weighted by Crippen LogP contribution is -2.52. The first-order chi connectivity index (χ1) is 12.3. The van der Waals surface area contributed by atoms with E-state index in [1.165, 1.54) is 6.92 Å². The normalized spacial score (nSPS) is 15.0. The molecule has 0 atom stereocenters. The topological polar surface area (TPSA) is 79.0 Å². The maximum Gasteiger partial charge on any atom is 0.260 e. The number of Topliss-reactive ketones (excluding diaryl/α,β-unsaturated/α-hetero) is 1. The zero-order valence-electron chi connectivity index (χ0n) is 15.7. The van der Waals surface area contributed by atoms with Gasteiger partial charge in [-0.15, -0.1) is 0 Å². The van der Waals surface area contributed by atoms with Gasteiger partial charge in [0.2, 0.25) is 5.91 Å². The van der Waals surface area contributed by atoms with E-state index < -0.39 is 0 Å². The molecule has 1 aromatic carbocycles. The number of carbonyl (C=O) groups is 3. The molecule has 0 aliphatic carbocycles. The second kappa shape index (κ2) is 9.33. The van der Waals surface area contributed by atoms with E-state index in [1.54, 1.807) is 29.2 Å². The van der Waals surface area contributed by atoms with Gasteiger partial charge in [0.05, 0.1) is 6.54 Å². The lowest BCUT2D eigenvalue weighted by Gasteiger charge is -2.34. The molecular weight excluding hydrogens is 334 g/mol. The second-order valence-electron chi connectivity index (χ2n) is 6.75.